The van der Waals surface area contributed by atoms with Gasteiger partial charge in [0.15, 0.2) is 0 Å². The molecule has 0 N–H and O–H groups in total. The molecular weight excluding hydrogens is 1290 g/mol. The molecule has 105 heavy (non-hydrogen) atoms. The van der Waals surface area contributed by atoms with Crippen LogP contribution in [0.5, 0.6) is 0 Å². The largest absolute Gasteiger partial charge is 0.109 e. The van der Waals surface area contributed by atoms with E-state index in [2.05, 4.69) is 424 Å². The number of rotatable bonds is 50. The Hall–Kier alpha value is 8.00. The van der Waals surface area contributed by atoms with E-state index in [4.69, 9.17) is 0 Å². The summed E-state index contributed by atoms with van der Waals surface area (Å²) in [5.74, 6) is 0. The molecule has 105 heteroatoms. The summed E-state index contributed by atoms with van der Waals surface area (Å²) >= 11 is 13.5. The molecular formula is H104B102IPS. The Labute approximate surface area is 749 Å². The first kappa shape index (κ1) is 113. The normalized spacial score (nSPS) is 10.5. The van der Waals surface area contributed by atoms with Gasteiger partial charge in [-0.05, 0) is 0 Å². The number of hydrogen-bond acceptors (Lipinski definition) is 1. The fourth-order valence-electron chi connectivity index (χ4n) is 29.9. The summed E-state index contributed by atoms with van der Waals surface area (Å²) in [7, 11) is 143. The molecule has 1 unspecified atom stereocenters. The minimum atomic E-state index is -3.00. The van der Waals surface area contributed by atoms with E-state index in [1.54, 1.807) is 0 Å². The first-order valence-corrected chi connectivity index (χ1v) is 52.6. The van der Waals surface area contributed by atoms with E-state index in [9.17, 15) is 11.8 Å². The lowest BCUT2D eigenvalue weighted by Crippen LogP contribution is -2.96. The SMILES string of the molecule is BB(B)B(B(B)B)B(B(B(B)B)B(B)B)B(B(B(B)B)B(B)B)B(B(B(B(B)B)B(B)B)B(B(B)B)B(B)B)P(=S)(I)B(B(B(B(B(B)B)B(B)B)B(B(B)B)B(B)B)B(B(B(B)B)B(B)B)B(B(B)B)B(B)B)B(B(B(B(B)B)B(B)B)B(B(B)B)B(B)B)B(B(B(B)B)B(B)B)B(B(B)B)B(B)B. The van der Waals surface area contributed by atoms with E-state index in [-0.39, 0.29) is 6.21 Å². The van der Waals surface area contributed by atoms with Crippen molar-refractivity contribution in [3.8, 4) is 0 Å². The van der Waals surface area contributed by atoms with Gasteiger partial charge in [-0.1, -0.05) is 25.5 Å². The van der Waals surface area contributed by atoms with Crippen molar-refractivity contribution in [3.05, 3.63) is 0 Å². The van der Waals surface area contributed by atoms with Crippen LogP contribution in [-0.4, -0.2) is 721 Å². The van der Waals surface area contributed by atoms with Gasteiger partial charge in [-0.3, -0.25) is 0 Å². The fraction of sp³-hybridized carbons (Fsp3) is 0. The zero-order valence-electron chi connectivity index (χ0n) is 82.1. The van der Waals surface area contributed by atoms with Crippen molar-refractivity contribution >= 4 is 759 Å². The fourth-order valence-corrected chi connectivity index (χ4v) is 39.9. The highest BCUT2D eigenvalue weighted by atomic mass is 127. The minimum Gasteiger partial charge on any atom is -0.109 e. The third-order valence-electron chi connectivity index (χ3n) is 30.4. The average molecular weight is 1400 g/mol. The smallest absolute Gasteiger partial charge is 0.0888 e. The zero-order valence-corrected chi connectivity index (χ0v) is 86.0. The highest BCUT2D eigenvalue weighted by Crippen LogP contribution is 2.64. The Morgan fingerprint density at radius 3 is 0.248 bits per heavy atom. The van der Waals surface area contributed by atoms with Gasteiger partial charge in [-0.25, -0.2) is 0 Å². The van der Waals surface area contributed by atoms with Crippen LogP contribution in [0.15, 0.2) is 0 Å². The number of halogens is 1. The van der Waals surface area contributed by atoms with Crippen molar-refractivity contribution in [2.75, 3.05) is 0 Å². The van der Waals surface area contributed by atoms with Gasteiger partial charge in [0.05, 0.1) is 415 Å². The quantitative estimate of drug-likeness (QED) is 0.0332. The van der Waals surface area contributed by atoms with E-state index < -0.39 is 3.44 Å². The van der Waals surface area contributed by atoms with Crippen molar-refractivity contribution in [1.29, 1.82) is 0 Å². The van der Waals surface area contributed by atoms with Crippen molar-refractivity contribution in [1.82, 2.24) is 0 Å². The van der Waals surface area contributed by atoms with Gasteiger partial charge >= 0.3 is 0 Å². The molecule has 0 aromatic rings. The summed E-state index contributed by atoms with van der Waals surface area (Å²) in [5, 5.41) is 0. The topological polar surface area (TPSA) is 0 Å². The molecule has 0 saturated carbocycles. The van der Waals surface area contributed by atoms with Crippen molar-refractivity contribution in [2.24, 2.45) is 0 Å². The summed E-state index contributed by atoms with van der Waals surface area (Å²) in [6.45, 7) is 0. The molecule has 0 aliphatic heterocycles. The first-order chi connectivity index (χ1) is 47.6. The van der Waals surface area contributed by atoms with Crippen LogP contribution in [-0.2, 0) is 11.8 Å². The summed E-state index contributed by atoms with van der Waals surface area (Å²) in [6.07, 6.45) is 23.9. The predicted molar refractivity (Wildman–Crippen MR) is 760 cm³/mol. The summed E-state index contributed by atoms with van der Waals surface area (Å²) in [4.78, 5) is 0. The van der Waals surface area contributed by atoms with Crippen LogP contribution in [0.2, 0.25) is 0 Å². The Morgan fingerprint density at radius 2 is 0.171 bits per heavy atom. The van der Waals surface area contributed by atoms with Gasteiger partial charge in [0, 0.05) is 306 Å². The first-order valence-electron chi connectivity index (χ1n) is 46.9. The summed E-state index contributed by atoms with van der Waals surface area (Å²) < 4.78 is -3.00. The van der Waals surface area contributed by atoms with E-state index in [0.717, 1.165) is 0 Å². The summed E-state index contributed by atoms with van der Waals surface area (Å²) in [6, 6.07) is 0. The third kappa shape index (κ3) is 30.2. The van der Waals surface area contributed by atoms with Crippen LogP contribution in [0, 0.1) is 0 Å². The number of hydrogen-bond donors (Lipinski definition) is 0. The van der Waals surface area contributed by atoms with Crippen LogP contribution in [0.3, 0.4) is 0 Å². The molecule has 0 rings (SSSR count). The Morgan fingerprint density at radius 1 is 0.114 bits per heavy atom. The zero-order chi connectivity index (χ0) is 83.4. The highest BCUT2D eigenvalue weighted by molar-refractivity contribution is 14.2. The second-order valence-corrected chi connectivity index (χ2v) is 57.7. The van der Waals surface area contributed by atoms with Crippen molar-refractivity contribution < 1.29 is 0 Å². The Bertz CT molecular complexity index is 1910. The maximum Gasteiger partial charge on any atom is 0.0888 e. The van der Waals surface area contributed by atoms with Crippen LogP contribution >= 0.6 is 25.5 Å². The predicted octanol–water partition coefficient (Wildman–Crippen LogP) is -64.9. The van der Waals surface area contributed by atoms with Crippen molar-refractivity contribution in [2.45, 2.75) is 0 Å². The molecule has 0 heterocycles. The lowest BCUT2D eigenvalue weighted by Gasteiger charge is -2.61. The lowest BCUT2D eigenvalue weighted by atomic mass is 8.26. The Balaban J connectivity index is 14.6. The molecule has 0 aliphatic rings. The van der Waals surface area contributed by atoms with E-state index in [1.165, 1.54) is 0 Å². The molecule has 1 atom stereocenters. The molecule has 0 aromatic heterocycles. The molecule has 428 valence electrons. The molecule has 0 nitrogen and oxygen atoms in total. The molecule has 0 radical (unpaired) electrons. The van der Waals surface area contributed by atoms with E-state index in [1.807, 2.05) is 0 Å². The second kappa shape index (κ2) is 51.3. The lowest BCUT2D eigenvalue weighted by molar-refractivity contribution is 3.18. The van der Waals surface area contributed by atoms with Crippen LogP contribution in [0.25, 0.3) is 0 Å². The van der Waals surface area contributed by atoms with Crippen LogP contribution in [0.1, 0.15) is 0 Å². The summed E-state index contributed by atoms with van der Waals surface area (Å²) in [5.41, 5.74) is 0. The molecule has 0 amide bonds. The molecule has 0 aromatic carbocycles. The molecule has 0 bridgehead atoms. The Kier molecular flexibility index (Phi) is 55.2. The average Bonchev–Trinajstić information content (AvgIpc) is 3.41. The maximum atomic E-state index is 9.84. The van der Waals surface area contributed by atoms with Gasteiger partial charge < -0.3 is 0 Å². The molecule has 0 spiro atoms. The van der Waals surface area contributed by atoms with Gasteiger partial charge in [0.2, 0.25) is 0 Å². The van der Waals surface area contributed by atoms with Crippen molar-refractivity contribution in [3.63, 3.8) is 0 Å². The van der Waals surface area contributed by atoms with Gasteiger partial charge in [-0.15, -0.1) is 11.8 Å². The monoisotopic (exact) mass is 1420 g/mol. The van der Waals surface area contributed by atoms with Gasteiger partial charge in [0.1, 0.15) is 0 Å². The minimum absolute atomic E-state index is 0.279. The van der Waals surface area contributed by atoms with E-state index >= 15 is 0 Å². The standard InChI is InChI=1S/B102H104IPS/c1-53(2)79(54(3)4)92(80(55(5)6)56(7)8)98(91(77(49)50)78(51)52)101(97(89(73(41)42)74(43)44)90(75(45)46)76(47)48)104(103,105)102(99(93(81(57(9)10)58(11)12)82(59(13)14)60(15)16)94(83(61(17)18)62(19)20)84(63(21)22)64(23)24)100(95(85(65(25)26)66(27)28)86(67(29)30)68(31)32)96(87(69(33)34)70(35)36)88(71(37)38)72(39)40/h1-52H2. The van der Waals surface area contributed by atoms with Crippen LogP contribution < -0.4 is 0 Å². The third-order valence-corrected chi connectivity index (χ3v) is 38.7. The second-order valence-electron chi connectivity index (χ2n) is 46.7. The molecule has 0 aliphatic carbocycles. The molecule has 0 saturated heterocycles. The maximum absolute atomic E-state index is 9.84. The highest BCUT2D eigenvalue weighted by Gasteiger charge is 2.70. The van der Waals surface area contributed by atoms with Gasteiger partial charge in [0.25, 0.3) is 0 Å². The van der Waals surface area contributed by atoms with Crippen LogP contribution in [0.4, 0.5) is 0 Å². The van der Waals surface area contributed by atoms with E-state index in [0.29, 0.717) is 313 Å². The van der Waals surface area contributed by atoms with Gasteiger partial charge in [-0.2, -0.15) is 0 Å². The molecule has 0 fully saturated rings.